The van der Waals surface area contributed by atoms with Crippen molar-refractivity contribution in [2.45, 2.75) is 0 Å². The molecule has 0 fully saturated rings. The third-order valence-corrected chi connectivity index (χ3v) is 1.26. The number of hydrazine groups is 1. The molecule has 10 heavy (non-hydrogen) atoms. The molecule has 2 rings (SSSR count). The Balaban J connectivity index is 2.20. The fourth-order valence-electron chi connectivity index (χ4n) is 0.822. The molecular formula is C5H7N5. The highest BCUT2D eigenvalue weighted by atomic mass is 15.6. The predicted octanol–water partition coefficient (Wildman–Crippen LogP) is -0.357. The molecule has 0 aliphatic carbocycles. The second-order valence-electron chi connectivity index (χ2n) is 1.93. The molecule has 0 aromatic carbocycles. The van der Waals surface area contributed by atoms with E-state index in [1.807, 2.05) is 12.3 Å². The summed E-state index contributed by atoms with van der Waals surface area (Å²) < 4.78 is 0. The summed E-state index contributed by atoms with van der Waals surface area (Å²) in [5, 5.41) is 8.23. The zero-order chi connectivity index (χ0) is 6.81. The molecule has 2 N–H and O–H groups in total. The third-order valence-electron chi connectivity index (χ3n) is 1.26. The van der Waals surface area contributed by atoms with E-state index in [0.717, 1.165) is 6.54 Å². The van der Waals surface area contributed by atoms with E-state index in [1.54, 1.807) is 5.01 Å². The maximum Gasteiger partial charge on any atom is 0.240 e. The van der Waals surface area contributed by atoms with Gasteiger partial charge in [-0.2, -0.15) is 10.1 Å². The van der Waals surface area contributed by atoms with E-state index in [1.165, 1.54) is 6.33 Å². The highest BCUT2D eigenvalue weighted by molar-refractivity contribution is 5.32. The predicted molar refractivity (Wildman–Crippen MR) is 36.0 cm³/mol. The molecule has 1 aromatic rings. The zero-order valence-corrected chi connectivity index (χ0v) is 5.28. The third kappa shape index (κ3) is 0.763. The molecule has 1 aromatic heterocycles. The second kappa shape index (κ2) is 2.11. The van der Waals surface area contributed by atoms with Crippen molar-refractivity contribution in [3.05, 3.63) is 18.6 Å². The van der Waals surface area contributed by atoms with Gasteiger partial charge in [-0.25, -0.2) is 10.5 Å². The molecular weight excluding hydrogens is 130 g/mol. The van der Waals surface area contributed by atoms with Gasteiger partial charge in [0.1, 0.15) is 6.33 Å². The Bertz CT molecular complexity index is 226. The minimum Gasteiger partial charge on any atom is -0.251 e. The van der Waals surface area contributed by atoms with Gasteiger partial charge >= 0.3 is 0 Å². The van der Waals surface area contributed by atoms with Crippen LogP contribution in [-0.4, -0.2) is 21.7 Å². The lowest BCUT2D eigenvalue weighted by molar-refractivity contribution is 0.785. The number of hydrogen-bond donors (Lipinski definition) is 2. The normalized spacial score (nSPS) is 16.6. The fourth-order valence-corrected chi connectivity index (χ4v) is 0.822. The van der Waals surface area contributed by atoms with E-state index in [9.17, 15) is 0 Å². The maximum atomic E-state index is 3.94. The van der Waals surface area contributed by atoms with Crippen LogP contribution in [0.4, 0.5) is 5.95 Å². The summed E-state index contributed by atoms with van der Waals surface area (Å²) >= 11 is 0. The summed E-state index contributed by atoms with van der Waals surface area (Å²) in [6.45, 7) is 0.848. The van der Waals surface area contributed by atoms with Crippen molar-refractivity contribution >= 4 is 5.95 Å². The minimum absolute atomic E-state index is 0.716. The Hall–Kier alpha value is -1.36. The SMILES string of the molecule is C1=CN(c2ncn[nH]2)NC1. The summed E-state index contributed by atoms with van der Waals surface area (Å²) in [6.07, 6.45) is 5.38. The highest BCUT2D eigenvalue weighted by Crippen LogP contribution is 2.03. The first-order chi connectivity index (χ1) is 4.97. The average molecular weight is 137 g/mol. The van der Waals surface area contributed by atoms with Crippen molar-refractivity contribution in [1.82, 2.24) is 20.6 Å². The lowest BCUT2D eigenvalue weighted by Gasteiger charge is -2.09. The number of rotatable bonds is 1. The number of anilines is 1. The number of nitrogens with one attached hydrogen (secondary N) is 2. The van der Waals surface area contributed by atoms with Crippen molar-refractivity contribution in [2.75, 3.05) is 11.6 Å². The van der Waals surface area contributed by atoms with Crippen molar-refractivity contribution < 1.29 is 0 Å². The summed E-state index contributed by atoms with van der Waals surface area (Å²) in [4.78, 5) is 3.94. The molecule has 5 nitrogen and oxygen atoms in total. The van der Waals surface area contributed by atoms with Gasteiger partial charge in [-0.1, -0.05) is 6.08 Å². The summed E-state index contributed by atoms with van der Waals surface area (Å²) in [6, 6.07) is 0. The van der Waals surface area contributed by atoms with Gasteiger partial charge in [0.05, 0.1) is 0 Å². The minimum atomic E-state index is 0.716. The van der Waals surface area contributed by atoms with Gasteiger partial charge in [0.25, 0.3) is 0 Å². The molecule has 0 unspecified atom stereocenters. The summed E-state index contributed by atoms with van der Waals surface area (Å²) in [7, 11) is 0. The zero-order valence-electron chi connectivity index (χ0n) is 5.28. The molecule has 5 heteroatoms. The molecule has 0 saturated carbocycles. The van der Waals surface area contributed by atoms with E-state index < -0.39 is 0 Å². The van der Waals surface area contributed by atoms with Gasteiger partial charge in [-0.05, 0) is 0 Å². The largest absolute Gasteiger partial charge is 0.251 e. The number of H-pyrrole nitrogens is 1. The van der Waals surface area contributed by atoms with Crippen LogP contribution >= 0.6 is 0 Å². The van der Waals surface area contributed by atoms with Crippen molar-refractivity contribution in [1.29, 1.82) is 0 Å². The van der Waals surface area contributed by atoms with Gasteiger partial charge in [0.15, 0.2) is 0 Å². The summed E-state index contributed by atoms with van der Waals surface area (Å²) in [5.74, 6) is 0.716. The van der Waals surface area contributed by atoms with Crippen LogP contribution in [0.1, 0.15) is 0 Å². The molecule has 2 heterocycles. The van der Waals surface area contributed by atoms with Crippen molar-refractivity contribution in [3.8, 4) is 0 Å². The van der Waals surface area contributed by atoms with Crippen LogP contribution < -0.4 is 10.4 Å². The maximum absolute atomic E-state index is 3.94. The van der Waals surface area contributed by atoms with Crippen LogP contribution in [0.2, 0.25) is 0 Å². The number of aromatic amines is 1. The van der Waals surface area contributed by atoms with Crippen LogP contribution in [0.5, 0.6) is 0 Å². The monoisotopic (exact) mass is 137 g/mol. The van der Waals surface area contributed by atoms with Crippen LogP contribution in [-0.2, 0) is 0 Å². The van der Waals surface area contributed by atoms with Crippen LogP contribution in [0, 0.1) is 0 Å². The topological polar surface area (TPSA) is 56.8 Å². The Morgan fingerprint density at radius 3 is 3.20 bits per heavy atom. The Kier molecular flexibility index (Phi) is 1.14. The fraction of sp³-hybridized carbons (Fsp3) is 0.200. The molecule has 0 spiro atoms. The van der Waals surface area contributed by atoms with E-state index in [-0.39, 0.29) is 0 Å². The molecule has 0 bridgehead atoms. The molecule has 0 saturated heterocycles. The van der Waals surface area contributed by atoms with Gasteiger partial charge < -0.3 is 0 Å². The standard InChI is InChI=1S/C5H7N5/c1-2-8-10(3-1)5-6-4-7-9-5/h1,3-4,8H,2H2,(H,6,7,9). The Morgan fingerprint density at radius 1 is 1.60 bits per heavy atom. The Morgan fingerprint density at radius 2 is 2.60 bits per heavy atom. The van der Waals surface area contributed by atoms with Crippen molar-refractivity contribution in [2.24, 2.45) is 0 Å². The first kappa shape index (κ1) is 5.43. The molecule has 0 radical (unpaired) electrons. The highest BCUT2D eigenvalue weighted by Gasteiger charge is 2.07. The van der Waals surface area contributed by atoms with Crippen LogP contribution in [0.25, 0.3) is 0 Å². The summed E-state index contributed by atoms with van der Waals surface area (Å²) in [5.41, 5.74) is 3.05. The lowest BCUT2D eigenvalue weighted by atomic mass is 10.7. The average Bonchev–Trinajstić information content (AvgIpc) is 2.59. The van der Waals surface area contributed by atoms with E-state index in [4.69, 9.17) is 0 Å². The molecule has 0 atom stereocenters. The van der Waals surface area contributed by atoms with Crippen molar-refractivity contribution in [3.63, 3.8) is 0 Å². The molecule has 0 amide bonds. The van der Waals surface area contributed by atoms with Crippen LogP contribution in [0.15, 0.2) is 18.6 Å². The van der Waals surface area contributed by atoms with Gasteiger partial charge in [-0.15, -0.1) is 0 Å². The van der Waals surface area contributed by atoms with Gasteiger partial charge in [-0.3, -0.25) is 5.01 Å². The Labute approximate surface area is 57.7 Å². The molecule has 1 aliphatic heterocycles. The first-order valence-electron chi connectivity index (χ1n) is 3.01. The van der Waals surface area contributed by atoms with E-state index >= 15 is 0 Å². The smallest absolute Gasteiger partial charge is 0.240 e. The molecule has 1 aliphatic rings. The quantitative estimate of drug-likeness (QED) is 0.555. The molecule has 52 valence electrons. The van der Waals surface area contributed by atoms with E-state index in [0.29, 0.717) is 5.95 Å². The van der Waals surface area contributed by atoms with Gasteiger partial charge in [0, 0.05) is 12.7 Å². The number of hydrogen-bond acceptors (Lipinski definition) is 4. The van der Waals surface area contributed by atoms with E-state index in [2.05, 4.69) is 20.6 Å². The second-order valence-corrected chi connectivity index (χ2v) is 1.93. The van der Waals surface area contributed by atoms with Crippen LogP contribution in [0.3, 0.4) is 0 Å². The number of nitrogens with zero attached hydrogens (tertiary/aromatic N) is 3. The number of aromatic nitrogens is 3. The lowest BCUT2D eigenvalue weighted by Crippen LogP contribution is -2.29. The van der Waals surface area contributed by atoms with Gasteiger partial charge in [0.2, 0.25) is 5.95 Å². The first-order valence-corrected chi connectivity index (χ1v) is 3.01.